The van der Waals surface area contributed by atoms with Crippen molar-refractivity contribution in [2.24, 2.45) is 0 Å². The van der Waals surface area contributed by atoms with Crippen molar-refractivity contribution >= 4 is 32.7 Å². The molecule has 1 aromatic rings. The second-order valence-corrected chi connectivity index (χ2v) is 5.54. The Morgan fingerprint density at radius 1 is 1.21 bits per heavy atom. The van der Waals surface area contributed by atoms with Crippen LogP contribution in [0.15, 0.2) is 39.3 Å². The van der Waals surface area contributed by atoms with Gasteiger partial charge in [-0.1, -0.05) is 30.3 Å². The summed E-state index contributed by atoms with van der Waals surface area (Å²) in [4.78, 5) is 0. The number of hydrogen-bond donors (Lipinski definition) is 0. The summed E-state index contributed by atoms with van der Waals surface area (Å²) in [6.45, 7) is 0. The van der Waals surface area contributed by atoms with Crippen LogP contribution in [0.5, 0.6) is 0 Å². The minimum atomic E-state index is -3.46. The topological polar surface area (TPSA) is 43.4 Å². The van der Waals surface area contributed by atoms with Crippen molar-refractivity contribution in [1.29, 1.82) is 0 Å². The van der Waals surface area contributed by atoms with Gasteiger partial charge in [-0.3, -0.25) is 4.18 Å². The van der Waals surface area contributed by atoms with Crippen molar-refractivity contribution in [3.63, 3.8) is 0 Å². The maximum atomic E-state index is 11.1. The Morgan fingerprint density at radius 3 is 2.36 bits per heavy atom. The summed E-state index contributed by atoms with van der Waals surface area (Å²) in [6, 6.07) is 9.28. The van der Waals surface area contributed by atoms with E-state index in [0.29, 0.717) is 3.58 Å². The maximum absolute atomic E-state index is 11.1. The number of rotatable bonds is 1. The lowest BCUT2D eigenvalue weighted by molar-refractivity contribution is 0.275. The molecule has 3 nitrogen and oxygen atoms in total. The minimum absolute atomic E-state index is 0.457. The van der Waals surface area contributed by atoms with Crippen LogP contribution in [0.1, 0.15) is 11.7 Å². The molecular weight excluding hydrogens is 315 g/mol. The van der Waals surface area contributed by atoms with E-state index in [2.05, 4.69) is 0 Å². The molecule has 0 radical (unpaired) electrons. The Morgan fingerprint density at radius 2 is 1.86 bits per heavy atom. The molecule has 0 amide bonds. The molecule has 2 rings (SSSR count). The van der Waals surface area contributed by atoms with E-state index in [9.17, 15) is 8.42 Å². The normalized spacial score (nSPS) is 24.6. The van der Waals surface area contributed by atoms with Gasteiger partial charge in [-0.15, -0.1) is 0 Å². The first kappa shape index (κ1) is 10.1. The molecule has 0 N–H and O–H groups in total. The van der Waals surface area contributed by atoms with Gasteiger partial charge in [0, 0.05) is 3.58 Å². The highest BCUT2D eigenvalue weighted by molar-refractivity contribution is 14.1. The SMILES string of the molecule is O=S1(=O)C=C(I)C(c2ccccc2)O1. The number of benzene rings is 1. The van der Waals surface area contributed by atoms with Crippen LogP contribution in [0.4, 0.5) is 0 Å². The summed E-state index contributed by atoms with van der Waals surface area (Å²) in [5, 5.41) is 1.16. The Bertz CT molecular complexity index is 464. The zero-order valence-electron chi connectivity index (χ0n) is 7.05. The maximum Gasteiger partial charge on any atom is 0.291 e. The first-order valence-electron chi connectivity index (χ1n) is 3.94. The van der Waals surface area contributed by atoms with Gasteiger partial charge in [0.05, 0.1) is 5.41 Å². The van der Waals surface area contributed by atoms with Gasteiger partial charge in [0.2, 0.25) is 0 Å². The van der Waals surface area contributed by atoms with Crippen LogP contribution >= 0.6 is 22.6 Å². The van der Waals surface area contributed by atoms with Gasteiger partial charge in [-0.05, 0) is 28.2 Å². The lowest BCUT2D eigenvalue weighted by Gasteiger charge is -2.08. The minimum Gasteiger partial charge on any atom is -0.253 e. The monoisotopic (exact) mass is 322 g/mol. The fraction of sp³-hybridized carbons (Fsp3) is 0.111. The van der Waals surface area contributed by atoms with Crippen LogP contribution in [-0.4, -0.2) is 8.42 Å². The Hall–Kier alpha value is -0.400. The van der Waals surface area contributed by atoms with Crippen molar-refractivity contribution in [3.8, 4) is 0 Å². The van der Waals surface area contributed by atoms with Gasteiger partial charge in [0.1, 0.15) is 6.10 Å². The van der Waals surface area contributed by atoms with Crippen LogP contribution < -0.4 is 0 Å². The van der Waals surface area contributed by atoms with E-state index < -0.39 is 16.2 Å². The summed E-state index contributed by atoms with van der Waals surface area (Å²) in [7, 11) is -3.46. The van der Waals surface area contributed by atoms with E-state index in [0.717, 1.165) is 11.0 Å². The quantitative estimate of drug-likeness (QED) is 0.589. The van der Waals surface area contributed by atoms with Gasteiger partial charge < -0.3 is 0 Å². The molecule has 1 unspecified atom stereocenters. The van der Waals surface area contributed by atoms with Crippen LogP contribution in [0.25, 0.3) is 0 Å². The summed E-state index contributed by atoms with van der Waals surface area (Å²) in [6.07, 6.45) is -0.457. The largest absolute Gasteiger partial charge is 0.291 e. The highest BCUT2D eigenvalue weighted by Gasteiger charge is 2.29. The molecule has 0 saturated carbocycles. The second kappa shape index (κ2) is 3.63. The van der Waals surface area contributed by atoms with E-state index in [-0.39, 0.29) is 0 Å². The van der Waals surface area contributed by atoms with Crippen molar-refractivity contribution in [1.82, 2.24) is 0 Å². The van der Waals surface area contributed by atoms with Crippen molar-refractivity contribution in [2.75, 3.05) is 0 Å². The molecule has 0 bridgehead atoms. The van der Waals surface area contributed by atoms with Gasteiger partial charge in [0.25, 0.3) is 10.1 Å². The molecule has 0 saturated heterocycles. The summed E-state index contributed by atoms with van der Waals surface area (Å²) in [5.41, 5.74) is 0.856. The molecule has 1 aliphatic heterocycles. The van der Waals surface area contributed by atoms with Crippen molar-refractivity contribution in [2.45, 2.75) is 6.10 Å². The number of halogens is 1. The van der Waals surface area contributed by atoms with E-state index in [1.54, 1.807) is 0 Å². The van der Waals surface area contributed by atoms with Crippen molar-refractivity contribution in [3.05, 3.63) is 44.9 Å². The predicted octanol–water partition coefficient (Wildman–Crippen LogP) is 2.36. The summed E-state index contributed by atoms with van der Waals surface area (Å²) < 4.78 is 27.9. The molecule has 1 heterocycles. The van der Waals surface area contributed by atoms with Crippen LogP contribution in [-0.2, 0) is 14.3 Å². The van der Waals surface area contributed by atoms with Gasteiger partial charge in [-0.25, -0.2) is 0 Å². The molecule has 0 aromatic heterocycles. The average molecular weight is 322 g/mol. The zero-order chi connectivity index (χ0) is 10.2. The standard InChI is InChI=1S/C9H7IO3S/c10-8-6-14(11,12)13-9(8)7-4-2-1-3-5-7/h1-6,9H. The molecule has 1 aliphatic rings. The zero-order valence-corrected chi connectivity index (χ0v) is 10.0. The third kappa shape index (κ3) is 1.99. The fourth-order valence-electron chi connectivity index (χ4n) is 1.25. The van der Waals surface area contributed by atoms with Crippen molar-refractivity contribution < 1.29 is 12.6 Å². The molecular formula is C9H7IO3S. The molecule has 1 aromatic carbocycles. The Labute approximate surface area is 96.0 Å². The van der Waals surface area contributed by atoms with E-state index in [4.69, 9.17) is 4.18 Å². The van der Waals surface area contributed by atoms with E-state index in [1.807, 2.05) is 52.9 Å². The molecule has 5 heteroatoms. The third-order valence-electron chi connectivity index (χ3n) is 1.84. The van der Waals surface area contributed by atoms with Crippen LogP contribution in [0.3, 0.4) is 0 Å². The molecule has 14 heavy (non-hydrogen) atoms. The highest BCUT2D eigenvalue weighted by atomic mass is 127. The fourth-order valence-corrected chi connectivity index (χ4v) is 3.78. The summed E-state index contributed by atoms with van der Waals surface area (Å²) >= 11 is 1.98. The smallest absolute Gasteiger partial charge is 0.253 e. The lowest BCUT2D eigenvalue weighted by Crippen LogP contribution is -2.01. The summed E-state index contributed by atoms with van der Waals surface area (Å²) in [5.74, 6) is 0. The Balaban J connectivity index is 2.37. The Kier molecular flexibility index (Phi) is 2.63. The highest BCUT2D eigenvalue weighted by Crippen LogP contribution is 2.37. The first-order chi connectivity index (χ1) is 6.58. The predicted molar refractivity (Wildman–Crippen MR) is 61.3 cm³/mol. The number of hydrogen-bond acceptors (Lipinski definition) is 3. The third-order valence-corrected chi connectivity index (χ3v) is 4.14. The van der Waals surface area contributed by atoms with Gasteiger partial charge in [0.15, 0.2) is 0 Å². The van der Waals surface area contributed by atoms with E-state index >= 15 is 0 Å². The van der Waals surface area contributed by atoms with Gasteiger partial charge >= 0.3 is 0 Å². The lowest BCUT2D eigenvalue weighted by atomic mass is 10.1. The van der Waals surface area contributed by atoms with Crippen LogP contribution in [0, 0.1) is 0 Å². The molecule has 0 aliphatic carbocycles. The molecule has 0 spiro atoms. The second-order valence-electron chi connectivity index (χ2n) is 2.88. The molecule has 0 fully saturated rings. The van der Waals surface area contributed by atoms with Gasteiger partial charge in [-0.2, -0.15) is 8.42 Å². The van der Waals surface area contributed by atoms with Crippen LogP contribution in [0.2, 0.25) is 0 Å². The molecule has 74 valence electrons. The molecule has 1 atom stereocenters. The average Bonchev–Trinajstić information content (AvgIpc) is 2.41. The first-order valence-corrected chi connectivity index (χ1v) is 6.49. The van der Waals surface area contributed by atoms with E-state index in [1.165, 1.54) is 0 Å².